The summed E-state index contributed by atoms with van der Waals surface area (Å²) >= 11 is 3.41. The number of aromatic nitrogens is 2. The Kier molecular flexibility index (Phi) is 3.26. The summed E-state index contributed by atoms with van der Waals surface area (Å²) in [6, 6.07) is 7.86. The van der Waals surface area contributed by atoms with Crippen LogP contribution in [0.1, 0.15) is 6.92 Å². The molecule has 2 aromatic rings. The van der Waals surface area contributed by atoms with Crippen LogP contribution in [-0.2, 0) is 0 Å². The van der Waals surface area contributed by atoms with Crippen molar-refractivity contribution in [3.63, 3.8) is 0 Å². The van der Waals surface area contributed by atoms with E-state index in [1.54, 1.807) is 24.0 Å². The highest BCUT2D eigenvalue weighted by molar-refractivity contribution is 9.10. The molecule has 0 saturated heterocycles. The van der Waals surface area contributed by atoms with Gasteiger partial charge in [0.25, 0.3) is 0 Å². The summed E-state index contributed by atoms with van der Waals surface area (Å²) in [4.78, 5) is 0. The van der Waals surface area contributed by atoms with Gasteiger partial charge < -0.3 is 4.74 Å². The third-order valence-electron chi connectivity index (χ3n) is 1.95. The van der Waals surface area contributed by atoms with E-state index >= 15 is 0 Å². The van der Waals surface area contributed by atoms with E-state index in [9.17, 15) is 0 Å². The Morgan fingerprint density at radius 1 is 1.50 bits per heavy atom. The molecule has 4 nitrogen and oxygen atoms in total. The van der Waals surface area contributed by atoms with Crippen molar-refractivity contribution in [1.29, 1.82) is 0 Å². The lowest BCUT2D eigenvalue weighted by atomic mass is 10.3. The van der Waals surface area contributed by atoms with E-state index in [0.717, 1.165) is 10.2 Å². The normalized spacial score (nSPS) is 12.4. The Morgan fingerprint density at radius 2 is 2.31 bits per heavy atom. The van der Waals surface area contributed by atoms with Gasteiger partial charge in [-0.1, -0.05) is 22.0 Å². The van der Waals surface area contributed by atoms with Crippen molar-refractivity contribution in [1.82, 2.24) is 9.78 Å². The number of ether oxygens (including phenoxy) is 1. The number of rotatable bonds is 3. The zero-order chi connectivity index (χ0) is 11.5. The fourth-order valence-electron chi connectivity index (χ4n) is 1.34. The van der Waals surface area contributed by atoms with Gasteiger partial charge in [-0.25, -0.2) is 4.68 Å². The molecule has 5 heteroatoms. The van der Waals surface area contributed by atoms with E-state index in [2.05, 4.69) is 21.0 Å². The van der Waals surface area contributed by atoms with Crippen molar-refractivity contribution in [3.8, 4) is 11.4 Å². The molecule has 0 bridgehead atoms. The first-order valence-electron chi connectivity index (χ1n) is 4.88. The minimum absolute atomic E-state index is 0.333. The third kappa shape index (κ3) is 2.62. The van der Waals surface area contributed by atoms with Gasteiger partial charge in [-0.15, -0.1) is 0 Å². The lowest BCUT2D eigenvalue weighted by molar-refractivity contribution is 0.230. The second-order valence-corrected chi connectivity index (χ2v) is 4.34. The first kappa shape index (κ1) is 11.2. The molecular weight excluding hydrogens is 270 g/mol. The van der Waals surface area contributed by atoms with Gasteiger partial charge in [0.1, 0.15) is 6.23 Å². The number of nitrogens with two attached hydrogens (primary N) is 1. The van der Waals surface area contributed by atoms with E-state index in [0.29, 0.717) is 5.75 Å². The lowest BCUT2D eigenvalue weighted by Crippen LogP contribution is -2.22. The first-order valence-corrected chi connectivity index (χ1v) is 5.67. The molecule has 0 fully saturated rings. The maximum absolute atomic E-state index is 5.53. The summed E-state index contributed by atoms with van der Waals surface area (Å²) in [5, 5.41) is 4.20. The minimum Gasteiger partial charge on any atom is -0.473 e. The van der Waals surface area contributed by atoms with Gasteiger partial charge in [0.2, 0.25) is 0 Å². The average Bonchev–Trinajstić information content (AvgIpc) is 2.65. The van der Waals surface area contributed by atoms with Gasteiger partial charge in [0, 0.05) is 4.47 Å². The molecular formula is C11H12BrN3O. The molecule has 0 aliphatic rings. The molecule has 1 aromatic heterocycles. The summed E-state index contributed by atoms with van der Waals surface area (Å²) in [6.45, 7) is 1.77. The minimum atomic E-state index is -0.333. The predicted molar refractivity (Wildman–Crippen MR) is 65.5 cm³/mol. The highest BCUT2D eigenvalue weighted by atomic mass is 79.9. The summed E-state index contributed by atoms with van der Waals surface area (Å²) in [6.07, 6.45) is 3.11. The Morgan fingerprint density at radius 3 is 3.00 bits per heavy atom. The zero-order valence-electron chi connectivity index (χ0n) is 8.80. The number of hydrogen-bond acceptors (Lipinski definition) is 3. The fourth-order valence-corrected chi connectivity index (χ4v) is 1.73. The van der Waals surface area contributed by atoms with Gasteiger partial charge >= 0.3 is 0 Å². The van der Waals surface area contributed by atoms with Crippen LogP contribution in [0.2, 0.25) is 0 Å². The molecule has 0 amide bonds. The summed E-state index contributed by atoms with van der Waals surface area (Å²) in [5.41, 5.74) is 6.50. The van der Waals surface area contributed by atoms with Gasteiger partial charge in [-0.3, -0.25) is 5.73 Å². The molecule has 1 atom stereocenters. The number of benzene rings is 1. The molecule has 0 aliphatic heterocycles. The average molecular weight is 282 g/mol. The molecule has 16 heavy (non-hydrogen) atoms. The standard InChI is InChI=1S/C11H12BrN3O/c1-8(13)16-11-6-14-15(7-11)10-4-2-3-9(12)5-10/h2-8H,13H2,1H3. The van der Waals surface area contributed by atoms with Crippen molar-refractivity contribution in [3.05, 3.63) is 41.1 Å². The molecule has 84 valence electrons. The second-order valence-electron chi connectivity index (χ2n) is 3.42. The van der Waals surface area contributed by atoms with Crippen LogP contribution in [0, 0.1) is 0 Å². The molecule has 1 unspecified atom stereocenters. The first-order chi connectivity index (χ1) is 7.65. The van der Waals surface area contributed by atoms with Crippen molar-refractivity contribution in [2.24, 2.45) is 5.73 Å². The van der Waals surface area contributed by atoms with Gasteiger partial charge in [-0.05, 0) is 25.1 Å². The number of halogens is 1. The topological polar surface area (TPSA) is 53.1 Å². The molecule has 2 rings (SSSR count). The Bertz CT molecular complexity index is 482. The predicted octanol–water partition coefficient (Wildman–Crippen LogP) is 2.32. The number of hydrogen-bond donors (Lipinski definition) is 1. The Hall–Kier alpha value is -1.33. The van der Waals surface area contributed by atoms with Crippen LogP contribution >= 0.6 is 15.9 Å². The number of nitrogens with zero attached hydrogens (tertiary/aromatic N) is 2. The highest BCUT2D eigenvalue weighted by Gasteiger charge is 2.03. The Balaban J connectivity index is 2.24. The van der Waals surface area contributed by atoms with Crippen LogP contribution in [0.3, 0.4) is 0 Å². The van der Waals surface area contributed by atoms with Crippen molar-refractivity contribution >= 4 is 15.9 Å². The van der Waals surface area contributed by atoms with Crippen LogP contribution < -0.4 is 10.5 Å². The quantitative estimate of drug-likeness (QED) is 0.879. The van der Waals surface area contributed by atoms with E-state index < -0.39 is 0 Å². The van der Waals surface area contributed by atoms with E-state index in [1.807, 2.05) is 24.3 Å². The largest absolute Gasteiger partial charge is 0.473 e. The molecule has 0 spiro atoms. The summed E-state index contributed by atoms with van der Waals surface area (Å²) in [5.74, 6) is 0.662. The van der Waals surface area contributed by atoms with Crippen molar-refractivity contribution in [2.45, 2.75) is 13.2 Å². The molecule has 0 radical (unpaired) electrons. The molecule has 1 aromatic carbocycles. The summed E-state index contributed by atoms with van der Waals surface area (Å²) < 4.78 is 8.08. The van der Waals surface area contributed by atoms with Gasteiger partial charge in [0.15, 0.2) is 5.75 Å². The smallest absolute Gasteiger partial charge is 0.160 e. The monoisotopic (exact) mass is 281 g/mol. The highest BCUT2D eigenvalue weighted by Crippen LogP contribution is 2.17. The molecule has 0 saturated carbocycles. The van der Waals surface area contributed by atoms with E-state index in [1.165, 1.54) is 0 Å². The maximum atomic E-state index is 5.53. The van der Waals surface area contributed by atoms with Crippen LogP contribution in [0.4, 0.5) is 0 Å². The third-order valence-corrected chi connectivity index (χ3v) is 2.45. The van der Waals surface area contributed by atoms with Gasteiger partial charge in [-0.2, -0.15) is 5.10 Å². The summed E-state index contributed by atoms with van der Waals surface area (Å²) in [7, 11) is 0. The molecule has 0 aliphatic carbocycles. The molecule has 1 heterocycles. The Labute approximate surface area is 102 Å². The fraction of sp³-hybridized carbons (Fsp3) is 0.182. The van der Waals surface area contributed by atoms with Crippen LogP contribution in [-0.4, -0.2) is 16.0 Å². The van der Waals surface area contributed by atoms with Crippen LogP contribution in [0.15, 0.2) is 41.1 Å². The second kappa shape index (κ2) is 4.67. The lowest BCUT2D eigenvalue weighted by Gasteiger charge is -2.05. The maximum Gasteiger partial charge on any atom is 0.160 e. The zero-order valence-corrected chi connectivity index (χ0v) is 10.4. The van der Waals surface area contributed by atoms with Crippen molar-refractivity contribution in [2.75, 3.05) is 0 Å². The van der Waals surface area contributed by atoms with E-state index in [-0.39, 0.29) is 6.23 Å². The van der Waals surface area contributed by atoms with Crippen LogP contribution in [0.25, 0.3) is 5.69 Å². The van der Waals surface area contributed by atoms with E-state index in [4.69, 9.17) is 10.5 Å². The van der Waals surface area contributed by atoms with Crippen LogP contribution in [0.5, 0.6) is 5.75 Å². The SMILES string of the molecule is CC(N)Oc1cnn(-c2cccc(Br)c2)c1. The molecule has 2 N–H and O–H groups in total. The van der Waals surface area contributed by atoms with Crippen molar-refractivity contribution < 1.29 is 4.74 Å². The van der Waals surface area contributed by atoms with Gasteiger partial charge in [0.05, 0.1) is 18.1 Å².